The summed E-state index contributed by atoms with van der Waals surface area (Å²) in [4.78, 5) is 15.7. The maximum atomic E-state index is 12.5. The van der Waals surface area contributed by atoms with Crippen LogP contribution in [0.5, 0.6) is 5.75 Å². The molecule has 0 bridgehead atoms. The van der Waals surface area contributed by atoms with Crippen LogP contribution in [0.3, 0.4) is 0 Å². The van der Waals surface area contributed by atoms with Gasteiger partial charge in [-0.2, -0.15) is 9.41 Å². The molecule has 2 aromatic rings. The van der Waals surface area contributed by atoms with Gasteiger partial charge >= 0.3 is 0 Å². The minimum absolute atomic E-state index is 0.0427. The van der Waals surface area contributed by atoms with Crippen molar-refractivity contribution in [1.82, 2.24) is 14.7 Å². The summed E-state index contributed by atoms with van der Waals surface area (Å²) in [6, 6.07) is 7.49. The zero-order chi connectivity index (χ0) is 19.2. The van der Waals surface area contributed by atoms with E-state index in [0.29, 0.717) is 5.75 Å². The molecule has 0 spiro atoms. The number of pyridine rings is 1. The van der Waals surface area contributed by atoms with Crippen LogP contribution >= 0.6 is 11.6 Å². The van der Waals surface area contributed by atoms with E-state index < -0.39 is 22.5 Å². The number of nitrogens with zero attached hydrogens (tertiary/aromatic N) is 3. The second-order valence-electron chi connectivity index (χ2n) is 5.13. The monoisotopic (exact) mass is 396 g/mol. The van der Waals surface area contributed by atoms with Gasteiger partial charge in [-0.1, -0.05) is 11.6 Å². The molecule has 0 saturated carbocycles. The van der Waals surface area contributed by atoms with E-state index >= 15 is 0 Å². The highest BCUT2D eigenvalue weighted by molar-refractivity contribution is 7.89. The van der Waals surface area contributed by atoms with Gasteiger partial charge in [0.2, 0.25) is 10.0 Å². The van der Waals surface area contributed by atoms with Crippen LogP contribution in [0.15, 0.2) is 52.7 Å². The maximum absolute atomic E-state index is 12.5. The number of aromatic nitrogens is 1. The van der Waals surface area contributed by atoms with Crippen molar-refractivity contribution in [3.63, 3.8) is 0 Å². The number of hydrogen-bond acceptors (Lipinski definition) is 6. The van der Waals surface area contributed by atoms with E-state index in [-0.39, 0.29) is 9.92 Å². The maximum Gasteiger partial charge on any atom is 0.255 e. The Balaban J connectivity index is 2.01. The van der Waals surface area contributed by atoms with Crippen molar-refractivity contribution in [3.05, 3.63) is 53.3 Å². The van der Waals surface area contributed by atoms with E-state index in [9.17, 15) is 13.2 Å². The Labute approximate surface area is 156 Å². The molecule has 2 rings (SSSR count). The second kappa shape index (κ2) is 8.75. The Bertz CT molecular complexity index is 904. The SMILES string of the molecule is COc1ccc(S(=O)(=O)N(C)CC(=O)N/N=C/c2ccncc2)cc1Cl. The molecule has 26 heavy (non-hydrogen) atoms. The number of hydrogen-bond donors (Lipinski definition) is 1. The molecule has 0 unspecified atom stereocenters. The molecule has 0 saturated heterocycles. The normalized spacial score (nSPS) is 11.7. The van der Waals surface area contributed by atoms with Crippen molar-refractivity contribution in [2.45, 2.75) is 4.90 Å². The largest absolute Gasteiger partial charge is 0.495 e. The third-order valence-electron chi connectivity index (χ3n) is 3.31. The van der Waals surface area contributed by atoms with Crippen molar-refractivity contribution in [1.29, 1.82) is 0 Å². The number of hydrazone groups is 1. The van der Waals surface area contributed by atoms with Gasteiger partial charge < -0.3 is 4.74 Å². The Morgan fingerprint density at radius 3 is 2.65 bits per heavy atom. The van der Waals surface area contributed by atoms with Crippen LogP contribution < -0.4 is 10.2 Å². The minimum atomic E-state index is -3.89. The first kappa shape index (κ1) is 19.8. The van der Waals surface area contributed by atoms with Crippen LogP contribution in [-0.2, 0) is 14.8 Å². The fourth-order valence-corrected chi connectivity index (χ4v) is 3.41. The van der Waals surface area contributed by atoms with Gasteiger partial charge in [0.25, 0.3) is 5.91 Å². The van der Waals surface area contributed by atoms with Crippen molar-refractivity contribution in [2.24, 2.45) is 5.10 Å². The summed E-state index contributed by atoms with van der Waals surface area (Å²) in [6.07, 6.45) is 4.60. The Morgan fingerprint density at radius 2 is 2.04 bits per heavy atom. The number of halogens is 1. The van der Waals surface area contributed by atoms with Crippen molar-refractivity contribution in [2.75, 3.05) is 20.7 Å². The number of nitrogens with one attached hydrogen (secondary N) is 1. The van der Waals surface area contributed by atoms with Gasteiger partial charge in [0, 0.05) is 19.4 Å². The van der Waals surface area contributed by atoms with Crippen molar-refractivity contribution >= 4 is 33.7 Å². The van der Waals surface area contributed by atoms with Gasteiger partial charge in [0.05, 0.1) is 29.8 Å². The lowest BCUT2D eigenvalue weighted by Crippen LogP contribution is -2.36. The molecule has 8 nitrogen and oxygen atoms in total. The van der Waals surface area contributed by atoms with E-state index in [0.717, 1.165) is 9.87 Å². The molecule has 0 aliphatic rings. The number of likely N-dealkylation sites (N-methyl/N-ethyl adjacent to an activating group) is 1. The zero-order valence-electron chi connectivity index (χ0n) is 14.1. The third-order valence-corrected chi connectivity index (χ3v) is 5.40. The Morgan fingerprint density at radius 1 is 1.35 bits per heavy atom. The summed E-state index contributed by atoms with van der Waals surface area (Å²) in [6.45, 7) is -0.403. The van der Waals surface area contributed by atoms with Crippen LogP contribution in [0.4, 0.5) is 0 Å². The number of benzene rings is 1. The molecule has 1 aromatic carbocycles. The number of carbonyl (C=O) groups excluding carboxylic acids is 1. The smallest absolute Gasteiger partial charge is 0.255 e. The molecular weight excluding hydrogens is 380 g/mol. The molecule has 1 heterocycles. The zero-order valence-corrected chi connectivity index (χ0v) is 15.7. The topological polar surface area (TPSA) is 101 Å². The molecule has 1 N–H and O–H groups in total. The molecule has 0 fully saturated rings. The summed E-state index contributed by atoms with van der Waals surface area (Å²) < 4.78 is 30.9. The van der Waals surface area contributed by atoms with Crippen LogP contribution in [-0.4, -0.2) is 50.5 Å². The average molecular weight is 397 g/mol. The van der Waals surface area contributed by atoms with Gasteiger partial charge in [0.15, 0.2) is 0 Å². The molecule has 1 aromatic heterocycles. The first-order valence-electron chi connectivity index (χ1n) is 7.36. The van der Waals surface area contributed by atoms with E-state index in [2.05, 4.69) is 15.5 Å². The van der Waals surface area contributed by atoms with E-state index in [1.165, 1.54) is 38.6 Å². The highest BCUT2D eigenvalue weighted by Gasteiger charge is 2.23. The number of rotatable bonds is 7. The Kier molecular flexibility index (Phi) is 6.67. The van der Waals surface area contributed by atoms with Gasteiger partial charge in [-0.15, -0.1) is 0 Å². The first-order valence-corrected chi connectivity index (χ1v) is 9.18. The highest BCUT2D eigenvalue weighted by atomic mass is 35.5. The lowest BCUT2D eigenvalue weighted by Gasteiger charge is -2.16. The lowest BCUT2D eigenvalue weighted by molar-refractivity contribution is -0.121. The number of ether oxygens (including phenoxy) is 1. The van der Waals surface area contributed by atoms with Gasteiger partial charge in [-0.05, 0) is 35.9 Å². The van der Waals surface area contributed by atoms with Crippen molar-refractivity contribution < 1.29 is 17.9 Å². The van der Waals surface area contributed by atoms with E-state index in [1.807, 2.05) is 0 Å². The fourth-order valence-electron chi connectivity index (χ4n) is 1.94. The fraction of sp³-hybridized carbons (Fsp3) is 0.188. The first-order chi connectivity index (χ1) is 12.3. The molecule has 1 amide bonds. The molecule has 10 heteroatoms. The Hall–Kier alpha value is -2.49. The number of amides is 1. The standard InChI is InChI=1S/C16H17ClN4O4S/c1-21(11-16(22)20-19-10-12-5-7-18-8-6-12)26(23,24)13-3-4-15(25-2)14(17)9-13/h3-10H,11H2,1-2H3,(H,20,22)/b19-10+. The van der Waals surface area contributed by atoms with E-state index in [1.54, 1.807) is 24.5 Å². The highest BCUT2D eigenvalue weighted by Crippen LogP contribution is 2.27. The molecule has 0 aliphatic carbocycles. The number of carbonyl (C=O) groups is 1. The van der Waals surface area contributed by atoms with Crippen LogP contribution in [0.2, 0.25) is 5.02 Å². The average Bonchev–Trinajstić information content (AvgIpc) is 2.62. The molecule has 0 aliphatic heterocycles. The van der Waals surface area contributed by atoms with Crippen LogP contribution in [0.1, 0.15) is 5.56 Å². The summed E-state index contributed by atoms with van der Waals surface area (Å²) in [5, 5.41) is 3.94. The molecule has 138 valence electrons. The van der Waals surface area contributed by atoms with Crippen LogP contribution in [0, 0.1) is 0 Å². The van der Waals surface area contributed by atoms with Crippen molar-refractivity contribution in [3.8, 4) is 5.75 Å². The summed E-state index contributed by atoms with van der Waals surface area (Å²) in [5.74, 6) is -0.225. The van der Waals surface area contributed by atoms with Gasteiger partial charge in [0.1, 0.15) is 5.75 Å². The number of sulfonamides is 1. The van der Waals surface area contributed by atoms with Gasteiger partial charge in [-0.3, -0.25) is 9.78 Å². The predicted octanol–water partition coefficient (Wildman–Crippen LogP) is 1.51. The lowest BCUT2D eigenvalue weighted by atomic mass is 10.3. The second-order valence-corrected chi connectivity index (χ2v) is 7.58. The molecular formula is C16H17ClN4O4S. The summed E-state index contributed by atoms with van der Waals surface area (Å²) in [5.41, 5.74) is 3.02. The van der Waals surface area contributed by atoms with E-state index in [4.69, 9.17) is 16.3 Å². The molecule has 0 atom stereocenters. The minimum Gasteiger partial charge on any atom is -0.495 e. The van der Waals surface area contributed by atoms with Gasteiger partial charge in [-0.25, -0.2) is 13.8 Å². The summed E-state index contributed by atoms with van der Waals surface area (Å²) in [7, 11) is -1.17. The van der Waals surface area contributed by atoms with Crippen LogP contribution in [0.25, 0.3) is 0 Å². The quantitative estimate of drug-likeness (QED) is 0.564. The molecule has 0 radical (unpaired) electrons. The number of methoxy groups -OCH3 is 1. The third kappa shape index (κ3) is 5.01. The predicted molar refractivity (Wildman–Crippen MR) is 97.8 cm³/mol. The summed E-state index contributed by atoms with van der Waals surface area (Å²) >= 11 is 5.96.